The first-order valence-corrected chi connectivity index (χ1v) is 7.97. The molecule has 7 heteroatoms. The third-order valence-electron chi connectivity index (χ3n) is 4.36. The molecule has 3 aromatic rings. The van der Waals surface area contributed by atoms with Crippen LogP contribution in [0.25, 0.3) is 10.9 Å². The first-order chi connectivity index (χ1) is 12.2. The highest BCUT2D eigenvalue weighted by molar-refractivity contribution is 6.08. The molecule has 0 atom stereocenters. The maximum Gasteiger partial charge on any atom is 0.237 e. The zero-order valence-corrected chi connectivity index (χ0v) is 14.0. The molecule has 0 spiro atoms. The molecular formula is C19H16N5O2. The number of anilines is 2. The van der Waals surface area contributed by atoms with E-state index in [1.165, 1.54) is 5.01 Å². The van der Waals surface area contributed by atoms with E-state index in [9.17, 15) is 5.11 Å². The molecule has 0 unspecified atom stereocenters. The Balaban J connectivity index is 0.00000168. The zero-order chi connectivity index (χ0) is 17.0. The summed E-state index contributed by atoms with van der Waals surface area (Å²) in [6, 6.07) is 17.5. The molecule has 1 radical (unpaired) electrons. The van der Waals surface area contributed by atoms with Crippen LogP contribution in [0, 0.1) is 0 Å². The molecule has 0 saturated carbocycles. The number of fused-ring (bicyclic) bond motifs is 4. The Morgan fingerprint density at radius 2 is 1.73 bits per heavy atom. The van der Waals surface area contributed by atoms with Crippen LogP contribution in [-0.2, 0) is 0 Å². The standard InChI is InChI=1S/C19H14N5O.H2O/c1-12-18-19(25)23(14-10-13-6-2-3-7-15(13)20-11-14)22-24(18)17-9-5-4-8-16(17)21-12;/h2-11,25H,1H3;1H2. The van der Waals surface area contributed by atoms with Crippen LogP contribution < -0.4 is 15.6 Å². The molecule has 0 amide bonds. The number of aromatic nitrogens is 1. The fraction of sp³-hybridized carbons (Fsp3) is 0.0526. The van der Waals surface area contributed by atoms with E-state index in [2.05, 4.69) is 15.5 Å². The van der Waals surface area contributed by atoms with Crippen molar-refractivity contribution in [3.05, 3.63) is 72.4 Å². The topological polar surface area (TPSA) is 97.6 Å². The monoisotopic (exact) mass is 346 g/mol. The van der Waals surface area contributed by atoms with E-state index in [1.54, 1.807) is 11.2 Å². The second-order valence-corrected chi connectivity index (χ2v) is 5.96. The molecule has 2 aromatic carbocycles. The third kappa shape index (κ3) is 2.22. The summed E-state index contributed by atoms with van der Waals surface area (Å²) in [5.41, 5.74) is 9.16. The number of benzene rings is 2. The number of allylic oxidation sites excluding steroid dienone is 1. The Bertz CT molecular complexity index is 1080. The van der Waals surface area contributed by atoms with E-state index in [1.807, 2.05) is 61.5 Å². The van der Waals surface area contributed by atoms with Gasteiger partial charge in [0.15, 0.2) is 0 Å². The van der Waals surface area contributed by atoms with Gasteiger partial charge in [0.1, 0.15) is 5.70 Å². The Morgan fingerprint density at radius 3 is 2.62 bits per heavy atom. The van der Waals surface area contributed by atoms with Crippen molar-refractivity contribution in [2.45, 2.75) is 6.92 Å². The van der Waals surface area contributed by atoms with Crippen LogP contribution in [0.15, 0.2) is 77.4 Å². The van der Waals surface area contributed by atoms with Crippen LogP contribution in [0.5, 0.6) is 0 Å². The highest BCUT2D eigenvalue weighted by Gasteiger charge is 2.38. The lowest BCUT2D eigenvalue weighted by Crippen LogP contribution is -2.36. The summed E-state index contributed by atoms with van der Waals surface area (Å²) in [7, 11) is 0. The van der Waals surface area contributed by atoms with Gasteiger partial charge < -0.3 is 10.6 Å². The van der Waals surface area contributed by atoms with Gasteiger partial charge in [-0.1, -0.05) is 30.3 Å². The van der Waals surface area contributed by atoms with Crippen molar-refractivity contribution in [1.29, 1.82) is 0 Å². The number of para-hydroxylation sites is 3. The second-order valence-electron chi connectivity index (χ2n) is 5.96. The van der Waals surface area contributed by atoms with E-state index in [4.69, 9.17) is 0 Å². The summed E-state index contributed by atoms with van der Waals surface area (Å²) in [6.07, 6.45) is 1.71. The molecule has 3 N–H and O–H groups in total. The molecule has 7 nitrogen and oxygen atoms in total. The summed E-state index contributed by atoms with van der Waals surface area (Å²) in [5, 5.41) is 15.0. The van der Waals surface area contributed by atoms with Crippen molar-refractivity contribution in [2.75, 3.05) is 10.0 Å². The maximum absolute atomic E-state index is 10.8. The van der Waals surface area contributed by atoms with Gasteiger partial charge >= 0.3 is 0 Å². The predicted molar refractivity (Wildman–Crippen MR) is 101 cm³/mol. The van der Waals surface area contributed by atoms with Gasteiger partial charge in [-0.25, -0.2) is 15.0 Å². The van der Waals surface area contributed by atoms with Gasteiger partial charge in [0, 0.05) is 5.39 Å². The number of aliphatic imine (C=N–C) groups is 1. The highest BCUT2D eigenvalue weighted by Crippen LogP contribution is 2.40. The van der Waals surface area contributed by atoms with Crippen LogP contribution in [0.2, 0.25) is 0 Å². The molecule has 3 heterocycles. The van der Waals surface area contributed by atoms with Crippen molar-refractivity contribution < 1.29 is 10.6 Å². The quantitative estimate of drug-likeness (QED) is 0.732. The van der Waals surface area contributed by atoms with Crippen LogP contribution >= 0.6 is 0 Å². The summed E-state index contributed by atoms with van der Waals surface area (Å²) in [4.78, 5) is 9.03. The molecule has 1 aromatic heterocycles. The van der Waals surface area contributed by atoms with Gasteiger partial charge in [0.05, 0.1) is 34.5 Å². The van der Waals surface area contributed by atoms with Gasteiger partial charge in [-0.15, -0.1) is 0 Å². The number of hydrogen-bond acceptors (Lipinski definition) is 5. The van der Waals surface area contributed by atoms with Gasteiger partial charge in [-0.05, 0) is 36.7 Å². The number of pyridine rings is 1. The van der Waals surface area contributed by atoms with E-state index in [0.29, 0.717) is 11.4 Å². The summed E-state index contributed by atoms with van der Waals surface area (Å²) in [6.45, 7) is 1.87. The van der Waals surface area contributed by atoms with Crippen molar-refractivity contribution in [1.82, 2.24) is 10.5 Å². The number of aliphatic hydroxyl groups is 1. The van der Waals surface area contributed by atoms with E-state index in [0.717, 1.165) is 28.0 Å². The lowest BCUT2D eigenvalue weighted by atomic mass is 10.1. The Hall–Kier alpha value is -3.42. The maximum atomic E-state index is 10.8. The summed E-state index contributed by atoms with van der Waals surface area (Å²) in [5.74, 6) is 0.0489. The minimum absolute atomic E-state index is 0. The highest BCUT2D eigenvalue weighted by atomic mass is 16.3. The van der Waals surface area contributed by atoms with Crippen LogP contribution in [0.4, 0.5) is 17.1 Å². The molecule has 0 saturated heterocycles. The molecule has 5 rings (SSSR count). The molecule has 26 heavy (non-hydrogen) atoms. The number of nitrogens with zero attached hydrogens (tertiary/aromatic N) is 5. The Labute approximate surface area is 149 Å². The molecule has 2 aliphatic heterocycles. The zero-order valence-electron chi connectivity index (χ0n) is 14.0. The number of hydrogen-bond donors (Lipinski definition) is 1. The average molecular weight is 346 g/mol. The van der Waals surface area contributed by atoms with Gasteiger partial charge in [-0.2, -0.15) is 0 Å². The number of rotatable bonds is 1. The molecule has 0 aliphatic carbocycles. The van der Waals surface area contributed by atoms with Crippen LogP contribution in [0.1, 0.15) is 6.92 Å². The van der Waals surface area contributed by atoms with Crippen LogP contribution in [-0.4, -0.2) is 21.3 Å². The molecule has 0 bridgehead atoms. The SMILES string of the molecule is CC1=Nc2ccccc2N2[N]N(c3cnc4ccccc4c3)C(O)=C12.O. The first-order valence-electron chi connectivity index (χ1n) is 7.97. The lowest BCUT2D eigenvalue weighted by Gasteiger charge is -2.25. The molecule has 2 aliphatic rings. The van der Waals surface area contributed by atoms with Crippen molar-refractivity contribution in [3.8, 4) is 0 Å². The fourth-order valence-electron chi connectivity index (χ4n) is 3.18. The Morgan fingerprint density at radius 1 is 0.962 bits per heavy atom. The van der Waals surface area contributed by atoms with Crippen LogP contribution in [0.3, 0.4) is 0 Å². The van der Waals surface area contributed by atoms with Crippen molar-refractivity contribution in [3.63, 3.8) is 0 Å². The van der Waals surface area contributed by atoms with Crippen molar-refractivity contribution >= 4 is 33.7 Å². The smallest absolute Gasteiger partial charge is 0.237 e. The van der Waals surface area contributed by atoms with Gasteiger partial charge in [-0.3, -0.25) is 4.98 Å². The van der Waals surface area contributed by atoms with Gasteiger partial charge in [0.25, 0.3) is 0 Å². The van der Waals surface area contributed by atoms with E-state index >= 15 is 0 Å². The van der Waals surface area contributed by atoms with E-state index in [-0.39, 0.29) is 11.4 Å². The predicted octanol–water partition coefficient (Wildman–Crippen LogP) is 3.00. The normalized spacial score (nSPS) is 15.5. The lowest BCUT2D eigenvalue weighted by molar-refractivity contribution is 0.387. The first kappa shape index (κ1) is 16.1. The average Bonchev–Trinajstić information content (AvgIpc) is 3.00. The number of aliphatic hydroxyl groups excluding tert-OH is 1. The summed E-state index contributed by atoms with van der Waals surface area (Å²) < 4.78 is 0. The van der Waals surface area contributed by atoms with Crippen molar-refractivity contribution in [2.24, 2.45) is 4.99 Å². The largest absolute Gasteiger partial charge is 0.492 e. The minimum atomic E-state index is 0. The fourth-order valence-corrected chi connectivity index (χ4v) is 3.18. The van der Waals surface area contributed by atoms with Gasteiger partial charge in [0.2, 0.25) is 5.88 Å². The van der Waals surface area contributed by atoms with E-state index < -0.39 is 0 Å². The molecular weight excluding hydrogens is 330 g/mol. The third-order valence-corrected chi connectivity index (χ3v) is 4.36. The second kappa shape index (κ2) is 5.83. The molecule has 129 valence electrons. The molecule has 0 fully saturated rings. The Kier molecular flexibility index (Phi) is 3.61. The summed E-state index contributed by atoms with van der Waals surface area (Å²) >= 11 is 0. The minimum Gasteiger partial charge on any atom is -0.492 e.